The fourth-order valence-corrected chi connectivity index (χ4v) is 3.31. The lowest BCUT2D eigenvalue weighted by Crippen LogP contribution is -2.39. The molecular weight excluding hydrogens is 302 g/mol. The van der Waals surface area contributed by atoms with Crippen molar-refractivity contribution < 1.29 is 9.53 Å². The van der Waals surface area contributed by atoms with Crippen LogP contribution >= 0.6 is 0 Å². The van der Waals surface area contributed by atoms with Crippen LogP contribution in [0.3, 0.4) is 0 Å². The molecule has 0 unspecified atom stereocenters. The van der Waals surface area contributed by atoms with E-state index in [9.17, 15) is 4.79 Å². The van der Waals surface area contributed by atoms with Gasteiger partial charge in [-0.2, -0.15) is 0 Å². The molecule has 1 atom stereocenters. The van der Waals surface area contributed by atoms with Crippen molar-refractivity contribution >= 4 is 11.9 Å². The zero-order chi connectivity index (χ0) is 17.3. The molecule has 24 heavy (non-hydrogen) atoms. The monoisotopic (exact) mass is 331 g/mol. The third kappa shape index (κ3) is 4.07. The first-order chi connectivity index (χ1) is 11.3. The smallest absolute Gasteiger partial charge is 0.416 e. The molecule has 1 aromatic heterocycles. The molecule has 1 saturated carbocycles. The number of nitrogens with zero attached hydrogens (tertiary/aromatic N) is 3. The van der Waals surface area contributed by atoms with E-state index in [1.807, 2.05) is 33.0 Å². The molecule has 0 spiro atoms. The SMILES string of the molecule is CN1CCCC[C@@H]1c1ccc(N(C(=O)OC(C)(C)C)C2CC2)nc1. The van der Waals surface area contributed by atoms with E-state index >= 15 is 0 Å². The molecule has 0 aromatic carbocycles. The van der Waals surface area contributed by atoms with Crippen LogP contribution in [0.5, 0.6) is 0 Å². The number of pyridine rings is 1. The van der Waals surface area contributed by atoms with Crippen molar-refractivity contribution in [3.63, 3.8) is 0 Å². The van der Waals surface area contributed by atoms with Crippen LogP contribution in [0.15, 0.2) is 18.3 Å². The summed E-state index contributed by atoms with van der Waals surface area (Å²) in [7, 11) is 2.18. The Morgan fingerprint density at radius 1 is 1.25 bits per heavy atom. The van der Waals surface area contributed by atoms with E-state index < -0.39 is 5.60 Å². The number of ether oxygens (including phenoxy) is 1. The Morgan fingerprint density at radius 3 is 2.54 bits per heavy atom. The van der Waals surface area contributed by atoms with Crippen molar-refractivity contribution in [2.75, 3.05) is 18.5 Å². The normalized spacial score (nSPS) is 22.2. The summed E-state index contributed by atoms with van der Waals surface area (Å²) in [6.07, 6.45) is 7.40. The van der Waals surface area contributed by atoms with Crippen molar-refractivity contribution in [3.05, 3.63) is 23.9 Å². The average Bonchev–Trinajstić information content (AvgIpc) is 3.32. The summed E-state index contributed by atoms with van der Waals surface area (Å²) in [5, 5.41) is 0. The second-order valence-electron chi connectivity index (χ2n) is 8.02. The van der Waals surface area contributed by atoms with Crippen LogP contribution in [-0.2, 0) is 4.74 Å². The average molecular weight is 331 g/mol. The summed E-state index contributed by atoms with van der Waals surface area (Å²) in [5.74, 6) is 0.703. The molecular formula is C19H29N3O2. The van der Waals surface area contributed by atoms with Crippen molar-refractivity contribution in [3.8, 4) is 0 Å². The van der Waals surface area contributed by atoms with E-state index in [1.54, 1.807) is 4.90 Å². The molecule has 132 valence electrons. The van der Waals surface area contributed by atoms with Gasteiger partial charge in [0.25, 0.3) is 0 Å². The van der Waals surface area contributed by atoms with E-state index in [1.165, 1.54) is 24.8 Å². The van der Waals surface area contributed by atoms with Gasteiger partial charge in [0.2, 0.25) is 0 Å². The van der Waals surface area contributed by atoms with Gasteiger partial charge in [0.1, 0.15) is 11.4 Å². The molecule has 2 aliphatic rings. The highest BCUT2D eigenvalue weighted by atomic mass is 16.6. The maximum Gasteiger partial charge on any atom is 0.416 e. The second-order valence-corrected chi connectivity index (χ2v) is 8.02. The number of hydrogen-bond donors (Lipinski definition) is 0. The number of anilines is 1. The van der Waals surface area contributed by atoms with Crippen LogP contribution in [0.4, 0.5) is 10.6 Å². The Labute approximate surface area is 145 Å². The van der Waals surface area contributed by atoms with Crippen LogP contribution in [0.25, 0.3) is 0 Å². The molecule has 1 saturated heterocycles. The molecule has 5 heteroatoms. The van der Waals surface area contributed by atoms with Gasteiger partial charge in [-0.1, -0.05) is 12.5 Å². The van der Waals surface area contributed by atoms with Gasteiger partial charge in [-0.3, -0.25) is 9.80 Å². The second kappa shape index (κ2) is 6.71. The summed E-state index contributed by atoms with van der Waals surface area (Å²) >= 11 is 0. The molecule has 1 aliphatic carbocycles. The van der Waals surface area contributed by atoms with Gasteiger partial charge in [0.15, 0.2) is 0 Å². The van der Waals surface area contributed by atoms with Gasteiger partial charge in [0, 0.05) is 18.3 Å². The maximum absolute atomic E-state index is 12.5. The summed E-state index contributed by atoms with van der Waals surface area (Å²) in [5.41, 5.74) is 0.746. The Bertz CT molecular complexity index is 575. The minimum atomic E-state index is -0.491. The maximum atomic E-state index is 12.5. The first-order valence-electron chi connectivity index (χ1n) is 9.03. The van der Waals surface area contributed by atoms with Crippen LogP contribution in [0.1, 0.15) is 64.5 Å². The van der Waals surface area contributed by atoms with Gasteiger partial charge in [0.05, 0.1) is 0 Å². The van der Waals surface area contributed by atoms with Crippen LogP contribution in [0, 0.1) is 0 Å². The minimum Gasteiger partial charge on any atom is -0.443 e. The number of piperidine rings is 1. The lowest BCUT2D eigenvalue weighted by Gasteiger charge is -2.33. The highest BCUT2D eigenvalue weighted by Gasteiger charge is 2.37. The number of carbonyl (C=O) groups excluding carboxylic acids is 1. The van der Waals surface area contributed by atoms with E-state index in [2.05, 4.69) is 23.0 Å². The van der Waals surface area contributed by atoms with Crippen LogP contribution in [0.2, 0.25) is 0 Å². The van der Waals surface area contributed by atoms with Crippen molar-refractivity contribution in [2.45, 2.75) is 70.6 Å². The lowest BCUT2D eigenvalue weighted by molar-refractivity contribution is 0.0576. The predicted octanol–water partition coefficient (Wildman–Crippen LogP) is 4.14. The third-order valence-electron chi connectivity index (χ3n) is 4.67. The molecule has 5 nitrogen and oxygen atoms in total. The first kappa shape index (κ1) is 17.2. The summed E-state index contributed by atoms with van der Waals surface area (Å²) in [4.78, 5) is 21.3. The Hall–Kier alpha value is -1.62. The zero-order valence-electron chi connectivity index (χ0n) is 15.3. The Morgan fingerprint density at radius 2 is 2.00 bits per heavy atom. The molecule has 0 N–H and O–H groups in total. The molecule has 1 aromatic rings. The van der Waals surface area contributed by atoms with Crippen LogP contribution in [-0.4, -0.2) is 41.2 Å². The molecule has 2 heterocycles. The van der Waals surface area contributed by atoms with Crippen LogP contribution < -0.4 is 4.90 Å². The predicted molar refractivity (Wildman–Crippen MR) is 95.2 cm³/mol. The van der Waals surface area contributed by atoms with Gasteiger partial charge in [-0.05, 0) is 71.7 Å². The third-order valence-corrected chi connectivity index (χ3v) is 4.67. The fraction of sp³-hybridized carbons (Fsp3) is 0.684. The molecule has 2 fully saturated rings. The quantitative estimate of drug-likeness (QED) is 0.835. The molecule has 0 bridgehead atoms. The molecule has 1 amide bonds. The minimum absolute atomic E-state index is 0.232. The molecule has 1 aliphatic heterocycles. The summed E-state index contributed by atoms with van der Waals surface area (Å²) in [6.45, 7) is 6.82. The van der Waals surface area contributed by atoms with Crippen molar-refractivity contribution in [1.82, 2.24) is 9.88 Å². The number of carbonyl (C=O) groups is 1. The standard InChI is InChI=1S/C19H29N3O2/c1-19(2,3)24-18(23)22(15-9-10-15)17-11-8-14(13-20-17)16-7-5-6-12-21(16)4/h8,11,13,15-16H,5-7,9-10,12H2,1-4H3/t16-/m1/s1. The first-order valence-corrected chi connectivity index (χ1v) is 9.03. The van der Waals surface area contributed by atoms with Gasteiger partial charge in [-0.25, -0.2) is 9.78 Å². The van der Waals surface area contributed by atoms with Gasteiger partial charge in [-0.15, -0.1) is 0 Å². The Kier molecular flexibility index (Phi) is 4.81. The Balaban J connectivity index is 1.76. The summed E-state index contributed by atoms with van der Waals surface area (Å²) in [6, 6.07) is 4.76. The van der Waals surface area contributed by atoms with E-state index in [0.29, 0.717) is 11.9 Å². The van der Waals surface area contributed by atoms with Crippen molar-refractivity contribution in [1.29, 1.82) is 0 Å². The number of amides is 1. The zero-order valence-corrected chi connectivity index (χ0v) is 15.3. The highest BCUT2D eigenvalue weighted by Crippen LogP contribution is 2.34. The van der Waals surface area contributed by atoms with Crippen molar-refractivity contribution in [2.24, 2.45) is 0 Å². The van der Waals surface area contributed by atoms with E-state index in [4.69, 9.17) is 4.74 Å². The summed E-state index contributed by atoms with van der Waals surface area (Å²) < 4.78 is 5.56. The van der Waals surface area contributed by atoms with E-state index in [-0.39, 0.29) is 12.1 Å². The highest BCUT2D eigenvalue weighted by molar-refractivity contribution is 5.88. The fourth-order valence-electron chi connectivity index (χ4n) is 3.31. The lowest BCUT2D eigenvalue weighted by atomic mass is 9.97. The number of likely N-dealkylation sites (tertiary alicyclic amines) is 1. The molecule has 3 rings (SSSR count). The van der Waals surface area contributed by atoms with Gasteiger partial charge >= 0.3 is 6.09 Å². The molecule has 0 radical (unpaired) electrons. The largest absolute Gasteiger partial charge is 0.443 e. The number of aromatic nitrogens is 1. The van der Waals surface area contributed by atoms with E-state index in [0.717, 1.165) is 19.4 Å². The number of hydrogen-bond acceptors (Lipinski definition) is 4. The number of rotatable bonds is 3. The topological polar surface area (TPSA) is 45.7 Å². The van der Waals surface area contributed by atoms with Gasteiger partial charge < -0.3 is 4.74 Å².